The standard InChI is InChI=1S/C19H37N3/c1-3-5-6-7-8-9-10-11-12-13-14-15-16-19-18-22(17-4-2)21-20-19/h18H,3-17H2,1-2H3. The van der Waals surface area contributed by atoms with Crippen LogP contribution in [-0.4, -0.2) is 15.0 Å². The predicted octanol–water partition coefficient (Wildman–Crippen LogP) is 5.93. The van der Waals surface area contributed by atoms with E-state index in [1.54, 1.807) is 0 Å². The van der Waals surface area contributed by atoms with Gasteiger partial charge in [0.25, 0.3) is 0 Å². The van der Waals surface area contributed by atoms with Gasteiger partial charge in [-0.3, -0.25) is 4.68 Å². The van der Waals surface area contributed by atoms with Crippen LogP contribution in [0.5, 0.6) is 0 Å². The van der Waals surface area contributed by atoms with Crippen LogP contribution in [0.15, 0.2) is 6.20 Å². The van der Waals surface area contributed by atoms with Gasteiger partial charge in [-0.25, -0.2) is 0 Å². The fourth-order valence-electron chi connectivity index (χ4n) is 2.94. The van der Waals surface area contributed by atoms with E-state index in [4.69, 9.17) is 0 Å². The van der Waals surface area contributed by atoms with E-state index in [0.29, 0.717) is 0 Å². The van der Waals surface area contributed by atoms with Crippen LogP contribution in [-0.2, 0) is 13.0 Å². The molecular weight excluding hydrogens is 270 g/mol. The van der Waals surface area contributed by atoms with Crippen LogP contribution < -0.4 is 0 Å². The molecule has 0 N–H and O–H groups in total. The summed E-state index contributed by atoms with van der Waals surface area (Å²) in [4.78, 5) is 0. The molecule has 0 saturated heterocycles. The molecule has 3 heteroatoms. The van der Waals surface area contributed by atoms with Gasteiger partial charge in [-0.05, 0) is 19.3 Å². The Morgan fingerprint density at radius 2 is 1.27 bits per heavy atom. The molecule has 0 fully saturated rings. The highest BCUT2D eigenvalue weighted by Gasteiger charge is 2.00. The maximum absolute atomic E-state index is 4.24. The monoisotopic (exact) mass is 307 g/mol. The Morgan fingerprint density at radius 3 is 1.82 bits per heavy atom. The summed E-state index contributed by atoms with van der Waals surface area (Å²) in [6, 6.07) is 0. The van der Waals surface area contributed by atoms with Gasteiger partial charge in [0.2, 0.25) is 0 Å². The first-order chi connectivity index (χ1) is 10.9. The van der Waals surface area contributed by atoms with Crippen molar-refractivity contribution in [1.29, 1.82) is 0 Å². The number of hydrogen-bond donors (Lipinski definition) is 0. The number of hydrogen-bond acceptors (Lipinski definition) is 2. The summed E-state index contributed by atoms with van der Waals surface area (Å²) < 4.78 is 1.97. The highest BCUT2D eigenvalue weighted by molar-refractivity contribution is 4.91. The Bertz CT molecular complexity index is 346. The van der Waals surface area contributed by atoms with Gasteiger partial charge in [0.15, 0.2) is 0 Å². The summed E-state index contributed by atoms with van der Waals surface area (Å²) in [5.41, 5.74) is 1.17. The minimum Gasteiger partial charge on any atom is -0.252 e. The molecule has 0 amide bonds. The number of nitrogens with zero attached hydrogens (tertiary/aromatic N) is 3. The lowest BCUT2D eigenvalue weighted by Crippen LogP contribution is -1.96. The quantitative estimate of drug-likeness (QED) is 0.376. The van der Waals surface area contributed by atoms with Gasteiger partial charge in [0.05, 0.1) is 5.69 Å². The summed E-state index contributed by atoms with van der Waals surface area (Å²) in [7, 11) is 0. The third kappa shape index (κ3) is 9.97. The normalized spacial score (nSPS) is 11.2. The van der Waals surface area contributed by atoms with Crippen LogP contribution in [0.25, 0.3) is 0 Å². The van der Waals surface area contributed by atoms with Gasteiger partial charge in [0.1, 0.15) is 0 Å². The van der Waals surface area contributed by atoms with Crippen molar-refractivity contribution in [3.8, 4) is 0 Å². The first-order valence-corrected chi connectivity index (χ1v) is 9.75. The van der Waals surface area contributed by atoms with Crippen LogP contribution in [0.4, 0.5) is 0 Å². The van der Waals surface area contributed by atoms with Gasteiger partial charge < -0.3 is 0 Å². The van der Waals surface area contributed by atoms with Crippen LogP contribution >= 0.6 is 0 Å². The van der Waals surface area contributed by atoms with Gasteiger partial charge >= 0.3 is 0 Å². The van der Waals surface area contributed by atoms with Crippen molar-refractivity contribution < 1.29 is 0 Å². The molecule has 0 bridgehead atoms. The number of aryl methyl sites for hydroxylation is 2. The van der Waals surface area contributed by atoms with Gasteiger partial charge in [-0.1, -0.05) is 89.7 Å². The Morgan fingerprint density at radius 1 is 0.727 bits per heavy atom. The smallest absolute Gasteiger partial charge is 0.0827 e. The second-order valence-corrected chi connectivity index (χ2v) is 6.61. The molecule has 1 aromatic heterocycles. The topological polar surface area (TPSA) is 30.7 Å². The van der Waals surface area contributed by atoms with Gasteiger partial charge in [-0.2, -0.15) is 0 Å². The molecule has 0 aliphatic rings. The largest absolute Gasteiger partial charge is 0.252 e. The summed E-state index contributed by atoms with van der Waals surface area (Å²) in [5.74, 6) is 0. The molecule has 0 radical (unpaired) electrons. The van der Waals surface area contributed by atoms with Crippen molar-refractivity contribution in [3.63, 3.8) is 0 Å². The first kappa shape index (κ1) is 19.2. The molecule has 0 atom stereocenters. The molecular formula is C19H37N3. The molecule has 0 unspecified atom stereocenters. The average Bonchev–Trinajstić information content (AvgIpc) is 2.96. The summed E-state index contributed by atoms with van der Waals surface area (Å²) in [6.07, 6.45) is 21.2. The van der Waals surface area contributed by atoms with Crippen molar-refractivity contribution in [1.82, 2.24) is 15.0 Å². The van der Waals surface area contributed by atoms with E-state index < -0.39 is 0 Å². The molecule has 128 valence electrons. The Hall–Kier alpha value is -0.860. The highest BCUT2D eigenvalue weighted by Crippen LogP contribution is 2.12. The van der Waals surface area contributed by atoms with E-state index in [-0.39, 0.29) is 0 Å². The molecule has 0 aromatic carbocycles. The van der Waals surface area contributed by atoms with E-state index in [0.717, 1.165) is 19.4 Å². The van der Waals surface area contributed by atoms with E-state index in [2.05, 4.69) is 30.4 Å². The lowest BCUT2D eigenvalue weighted by atomic mass is 10.0. The molecule has 3 nitrogen and oxygen atoms in total. The third-order valence-corrected chi connectivity index (χ3v) is 4.33. The van der Waals surface area contributed by atoms with E-state index in [9.17, 15) is 0 Å². The lowest BCUT2D eigenvalue weighted by molar-refractivity contribution is 0.543. The predicted molar refractivity (Wildman–Crippen MR) is 95.1 cm³/mol. The molecule has 0 spiro atoms. The molecule has 1 rings (SSSR count). The van der Waals surface area contributed by atoms with E-state index in [1.165, 1.54) is 82.7 Å². The second-order valence-electron chi connectivity index (χ2n) is 6.61. The molecule has 1 heterocycles. The van der Waals surface area contributed by atoms with E-state index in [1.807, 2.05) is 4.68 Å². The van der Waals surface area contributed by atoms with Crippen LogP contribution in [0, 0.1) is 0 Å². The molecule has 1 aromatic rings. The molecule has 0 aliphatic heterocycles. The van der Waals surface area contributed by atoms with Crippen molar-refractivity contribution >= 4 is 0 Å². The van der Waals surface area contributed by atoms with Crippen LogP contribution in [0.3, 0.4) is 0 Å². The van der Waals surface area contributed by atoms with E-state index >= 15 is 0 Å². The summed E-state index contributed by atoms with van der Waals surface area (Å²) in [6.45, 7) is 5.45. The SMILES string of the molecule is CCCCCCCCCCCCCCc1cn(CCC)nn1. The van der Waals surface area contributed by atoms with Gasteiger partial charge in [0, 0.05) is 12.7 Å². The zero-order chi connectivity index (χ0) is 15.9. The molecule has 22 heavy (non-hydrogen) atoms. The maximum Gasteiger partial charge on any atom is 0.0827 e. The summed E-state index contributed by atoms with van der Waals surface area (Å²) >= 11 is 0. The highest BCUT2D eigenvalue weighted by atomic mass is 15.4. The van der Waals surface area contributed by atoms with Crippen molar-refractivity contribution in [2.24, 2.45) is 0 Å². The van der Waals surface area contributed by atoms with Crippen LogP contribution in [0.1, 0.15) is 103 Å². The zero-order valence-corrected chi connectivity index (χ0v) is 15.0. The number of unbranched alkanes of at least 4 members (excludes halogenated alkanes) is 11. The lowest BCUT2D eigenvalue weighted by Gasteiger charge is -2.02. The van der Waals surface area contributed by atoms with Crippen LogP contribution in [0.2, 0.25) is 0 Å². The fraction of sp³-hybridized carbons (Fsp3) is 0.895. The van der Waals surface area contributed by atoms with Gasteiger partial charge in [-0.15, -0.1) is 5.10 Å². The Labute approximate surface area is 137 Å². The van der Waals surface area contributed by atoms with Crippen molar-refractivity contribution in [2.75, 3.05) is 0 Å². The minimum atomic E-state index is 0.992. The zero-order valence-electron chi connectivity index (χ0n) is 15.0. The number of rotatable bonds is 15. The summed E-state index contributed by atoms with van der Waals surface area (Å²) in [5, 5.41) is 8.38. The number of aromatic nitrogens is 3. The average molecular weight is 308 g/mol. The van der Waals surface area contributed by atoms with Crippen molar-refractivity contribution in [2.45, 2.75) is 110 Å². The second kappa shape index (κ2) is 13.8. The Balaban J connectivity index is 1.83. The minimum absolute atomic E-state index is 0.992. The Kier molecular flexibility index (Phi) is 12.0. The van der Waals surface area contributed by atoms with Crippen molar-refractivity contribution in [3.05, 3.63) is 11.9 Å². The maximum atomic E-state index is 4.24. The molecule has 0 aliphatic carbocycles. The third-order valence-electron chi connectivity index (χ3n) is 4.33. The first-order valence-electron chi connectivity index (χ1n) is 9.75. The fourth-order valence-corrected chi connectivity index (χ4v) is 2.94. The molecule has 0 saturated carbocycles.